The summed E-state index contributed by atoms with van der Waals surface area (Å²) in [6.07, 6.45) is 0. The van der Waals surface area contributed by atoms with Gasteiger partial charge in [-0.2, -0.15) is 0 Å². The zero-order chi connectivity index (χ0) is 9.68. The summed E-state index contributed by atoms with van der Waals surface area (Å²) in [5, 5.41) is 0.163. The summed E-state index contributed by atoms with van der Waals surface area (Å²) in [5.41, 5.74) is 5.77. The Kier molecular flexibility index (Phi) is 3.54. The van der Waals surface area contributed by atoms with Gasteiger partial charge in [0, 0.05) is 5.56 Å². The first-order valence-electron chi connectivity index (χ1n) is 3.74. The van der Waals surface area contributed by atoms with Gasteiger partial charge in [-0.25, -0.2) is 0 Å². The molecular weight excluding hydrogens is 186 g/mol. The quantitative estimate of drug-likeness (QED) is 0.562. The van der Waals surface area contributed by atoms with Crippen LogP contribution in [-0.4, -0.2) is 17.6 Å². The zero-order valence-electron chi connectivity index (χ0n) is 6.90. The number of hydrogen-bond acceptors (Lipinski definition) is 4. The average Bonchev–Trinajstić information content (AvgIpc) is 2.19. The summed E-state index contributed by atoms with van der Waals surface area (Å²) in [6.45, 7) is -0.160. The molecule has 0 unspecified atom stereocenters. The molecule has 0 amide bonds. The van der Waals surface area contributed by atoms with Crippen LogP contribution in [0.25, 0.3) is 0 Å². The van der Waals surface area contributed by atoms with E-state index in [1.165, 1.54) is 0 Å². The Bertz CT molecular complexity index is 311. The molecule has 0 heterocycles. The lowest BCUT2D eigenvalue weighted by molar-refractivity contribution is -0.133. The van der Waals surface area contributed by atoms with E-state index in [9.17, 15) is 4.79 Å². The molecule has 3 nitrogen and oxygen atoms in total. The number of benzene rings is 1. The van der Waals surface area contributed by atoms with Crippen LogP contribution in [0.2, 0.25) is 0 Å². The topological polar surface area (TPSA) is 52.3 Å². The van der Waals surface area contributed by atoms with E-state index in [0.717, 1.165) is 0 Å². The molecule has 0 aliphatic heterocycles. The van der Waals surface area contributed by atoms with Crippen LogP contribution in [-0.2, 0) is 9.53 Å². The average molecular weight is 195 g/mol. The van der Waals surface area contributed by atoms with E-state index in [0.29, 0.717) is 5.56 Å². The summed E-state index contributed by atoms with van der Waals surface area (Å²) in [5.74, 6) is -0.520. The van der Waals surface area contributed by atoms with Crippen LogP contribution in [0.5, 0.6) is 0 Å². The summed E-state index contributed by atoms with van der Waals surface area (Å²) >= 11 is 4.86. The van der Waals surface area contributed by atoms with Crippen molar-refractivity contribution >= 4 is 23.2 Å². The van der Waals surface area contributed by atoms with E-state index in [1.54, 1.807) is 12.1 Å². The highest BCUT2D eigenvalue weighted by Gasteiger charge is 2.05. The number of nitrogens with two attached hydrogens (primary N) is 1. The van der Waals surface area contributed by atoms with Crippen LogP contribution < -0.4 is 5.73 Å². The molecule has 1 rings (SSSR count). The summed E-state index contributed by atoms with van der Waals surface area (Å²) in [7, 11) is 0. The van der Waals surface area contributed by atoms with Gasteiger partial charge in [0.25, 0.3) is 0 Å². The maximum absolute atomic E-state index is 10.8. The molecule has 1 aromatic carbocycles. The zero-order valence-corrected chi connectivity index (χ0v) is 7.71. The lowest BCUT2D eigenvalue weighted by atomic mass is 10.2. The van der Waals surface area contributed by atoms with Gasteiger partial charge in [-0.3, -0.25) is 4.79 Å². The summed E-state index contributed by atoms with van der Waals surface area (Å²) in [6, 6.07) is 9.03. The van der Waals surface area contributed by atoms with Gasteiger partial charge in [-0.15, -0.1) is 0 Å². The minimum absolute atomic E-state index is 0.160. The van der Waals surface area contributed by atoms with E-state index in [2.05, 4.69) is 0 Å². The Morgan fingerprint density at radius 1 is 1.38 bits per heavy atom. The molecule has 0 fully saturated rings. The van der Waals surface area contributed by atoms with Gasteiger partial charge < -0.3 is 10.5 Å². The van der Waals surface area contributed by atoms with Crippen LogP contribution >= 0.6 is 12.2 Å². The molecule has 68 valence electrons. The molecule has 13 heavy (non-hydrogen) atoms. The van der Waals surface area contributed by atoms with E-state index >= 15 is 0 Å². The van der Waals surface area contributed by atoms with Crippen molar-refractivity contribution < 1.29 is 9.53 Å². The third-order valence-electron chi connectivity index (χ3n) is 1.38. The first kappa shape index (κ1) is 9.83. The number of esters is 1. The van der Waals surface area contributed by atoms with Crippen molar-refractivity contribution in [2.24, 2.45) is 5.73 Å². The fourth-order valence-electron chi connectivity index (χ4n) is 0.778. The van der Waals surface area contributed by atoms with Gasteiger partial charge in [-0.05, 0) is 12.2 Å². The second-order valence-electron chi connectivity index (χ2n) is 2.33. The fourth-order valence-corrected chi connectivity index (χ4v) is 1.01. The van der Waals surface area contributed by atoms with Crippen molar-refractivity contribution in [1.29, 1.82) is 0 Å². The molecule has 2 N–H and O–H groups in total. The highest BCUT2D eigenvalue weighted by Crippen LogP contribution is 2.02. The molecular formula is C9H9NO2S. The third kappa shape index (κ3) is 2.93. The fraction of sp³-hybridized carbons (Fsp3) is 0.111. The Morgan fingerprint density at radius 3 is 2.54 bits per heavy atom. The predicted octanol–water partition coefficient (Wildman–Crippen LogP) is 0.864. The van der Waals surface area contributed by atoms with Gasteiger partial charge in [0.15, 0.2) is 0 Å². The van der Waals surface area contributed by atoms with Crippen LogP contribution in [0.4, 0.5) is 0 Å². The minimum atomic E-state index is -0.520. The summed E-state index contributed by atoms with van der Waals surface area (Å²) < 4.78 is 4.75. The van der Waals surface area contributed by atoms with Crippen molar-refractivity contribution in [3.8, 4) is 0 Å². The number of ether oxygens (including phenoxy) is 1. The van der Waals surface area contributed by atoms with Gasteiger partial charge in [0.1, 0.15) is 0 Å². The van der Waals surface area contributed by atoms with Crippen molar-refractivity contribution in [1.82, 2.24) is 0 Å². The molecule has 0 aliphatic carbocycles. The molecule has 0 saturated carbocycles. The van der Waals surface area contributed by atoms with Crippen molar-refractivity contribution in [3.63, 3.8) is 0 Å². The maximum Gasteiger partial charge on any atom is 0.325 e. The molecule has 0 bridgehead atoms. The van der Waals surface area contributed by atoms with Crippen molar-refractivity contribution in [2.45, 2.75) is 0 Å². The van der Waals surface area contributed by atoms with Crippen LogP contribution in [0, 0.1) is 0 Å². The van der Waals surface area contributed by atoms with Gasteiger partial charge >= 0.3 is 5.97 Å². The molecule has 4 heteroatoms. The maximum atomic E-state index is 10.8. The molecule has 0 aliphatic rings. The lowest BCUT2D eigenvalue weighted by Gasteiger charge is -2.03. The second kappa shape index (κ2) is 4.69. The summed E-state index contributed by atoms with van der Waals surface area (Å²) in [4.78, 5) is 10.8. The van der Waals surface area contributed by atoms with E-state index in [1.807, 2.05) is 18.2 Å². The highest BCUT2D eigenvalue weighted by atomic mass is 32.1. The number of carbonyl (C=O) groups is 1. The first-order chi connectivity index (χ1) is 6.24. The van der Waals surface area contributed by atoms with Gasteiger partial charge in [0.2, 0.25) is 5.05 Å². The number of rotatable bonds is 2. The molecule has 0 spiro atoms. The smallest absolute Gasteiger partial charge is 0.325 e. The molecule has 1 aromatic rings. The van der Waals surface area contributed by atoms with E-state index in [4.69, 9.17) is 22.7 Å². The largest absolute Gasteiger partial charge is 0.413 e. The Balaban J connectivity index is 2.65. The molecule has 0 aromatic heterocycles. The Hall–Kier alpha value is -1.26. The minimum Gasteiger partial charge on any atom is -0.413 e. The van der Waals surface area contributed by atoms with E-state index < -0.39 is 5.97 Å². The monoisotopic (exact) mass is 195 g/mol. The Morgan fingerprint density at radius 2 is 2.00 bits per heavy atom. The van der Waals surface area contributed by atoms with Crippen LogP contribution in [0.3, 0.4) is 0 Å². The van der Waals surface area contributed by atoms with Gasteiger partial charge in [-0.1, -0.05) is 30.3 Å². The standard InChI is InChI=1S/C9H9NO2S/c10-6-8(11)12-9(13)7-4-2-1-3-5-7/h1-5H,6,10H2. The van der Waals surface area contributed by atoms with E-state index in [-0.39, 0.29) is 11.6 Å². The Labute approximate surface area is 81.5 Å². The van der Waals surface area contributed by atoms with Crippen molar-refractivity contribution in [3.05, 3.63) is 35.9 Å². The number of carbonyl (C=O) groups excluding carboxylic acids is 1. The highest BCUT2D eigenvalue weighted by molar-refractivity contribution is 7.80. The molecule has 0 atom stereocenters. The third-order valence-corrected chi connectivity index (χ3v) is 1.70. The lowest BCUT2D eigenvalue weighted by Crippen LogP contribution is -2.20. The normalized spacial score (nSPS) is 9.31. The predicted molar refractivity (Wildman–Crippen MR) is 53.3 cm³/mol. The van der Waals surface area contributed by atoms with Crippen molar-refractivity contribution in [2.75, 3.05) is 6.54 Å². The first-order valence-corrected chi connectivity index (χ1v) is 4.15. The SMILES string of the molecule is NCC(=O)OC(=S)c1ccccc1. The van der Waals surface area contributed by atoms with Gasteiger partial charge in [0.05, 0.1) is 6.54 Å². The molecule has 0 radical (unpaired) electrons. The van der Waals surface area contributed by atoms with Crippen LogP contribution in [0.1, 0.15) is 5.56 Å². The van der Waals surface area contributed by atoms with Crippen LogP contribution in [0.15, 0.2) is 30.3 Å². The number of thiocarbonyl (C=S) groups is 1. The molecule has 0 saturated heterocycles. The number of hydrogen-bond donors (Lipinski definition) is 1. The second-order valence-corrected chi connectivity index (χ2v) is 2.70.